The number of para-hydroxylation sites is 2. The summed E-state index contributed by atoms with van der Waals surface area (Å²) in [6, 6.07) is 19.6. The van der Waals surface area contributed by atoms with Crippen LogP contribution < -0.4 is 0 Å². The average molecular weight is 302 g/mol. The van der Waals surface area contributed by atoms with E-state index in [1.807, 2.05) is 62.5 Å². The normalized spacial score (nSPS) is 10.3. The number of nitrogens with zero attached hydrogens (tertiary/aromatic N) is 2. The van der Waals surface area contributed by atoms with E-state index in [1.54, 1.807) is 6.07 Å². The summed E-state index contributed by atoms with van der Waals surface area (Å²) in [5.74, 6) is 0.254. The van der Waals surface area contributed by atoms with Gasteiger partial charge in [-0.3, -0.25) is 4.98 Å². The van der Waals surface area contributed by atoms with Gasteiger partial charge in [-0.1, -0.05) is 36.4 Å². The monoisotopic (exact) mass is 302 g/mol. The number of fused-ring (bicyclic) bond motifs is 2. The SMILES string of the molecule is Cc1cc(C)c2cccc(O)c2n1.c1ccc2ncccc2c1. The summed E-state index contributed by atoms with van der Waals surface area (Å²) in [4.78, 5) is 8.47. The molecule has 114 valence electrons. The highest BCUT2D eigenvalue weighted by molar-refractivity contribution is 5.87. The first kappa shape index (κ1) is 15.0. The van der Waals surface area contributed by atoms with E-state index in [9.17, 15) is 5.11 Å². The van der Waals surface area contributed by atoms with Crippen LogP contribution in [0.4, 0.5) is 0 Å². The molecule has 0 atom stereocenters. The Balaban J connectivity index is 0.000000140. The maximum absolute atomic E-state index is 9.56. The molecular formula is C20H18N2O. The Kier molecular flexibility index (Phi) is 4.20. The van der Waals surface area contributed by atoms with Crippen LogP contribution in [-0.2, 0) is 0 Å². The van der Waals surface area contributed by atoms with Gasteiger partial charge in [0.05, 0.1) is 5.52 Å². The average Bonchev–Trinajstić information content (AvgIpc) is 2.57. The molecule has 4 rings (SSSR count). The zero-order valence-electron chi connectivity index (χ0n) is 13.2. The van der Waals surface area contributed by atoms with Crippen LogP contribution in [-0.4, -0.2) is 15.1 Å². The molecule has 0 saturated carbocycles. The van der Waals surface area contributed by atoms with Crippen LogP contribution in [0.3, 0.4) is 0 Å². The first-order chi connectivity index (χ1) is 11.1. The van der Waals surface area contributed by atoms with Crippen molar-refractivity contribution in [3.63, 3.8) is 0 Å². The molecule has 1 N–H and O–H groups in total. The summed E-state index contributed by atoms with van der Waals surface area (Å²) in [6.07, 6.45) is 1.81. The number of pyridine rings is 2. The zero-order valence-corrected chi connectivity index (χ0v) is 13.2. The standard InChI is InChI=1S/C11H11NO.C9H7N/c1-7-6-8(2)12-11-9(7)4-3-5-10(11)13;1-2-6-9-8(4-1)5-3-7-10-9/h3-6,13H,1-2H3;1-7H. The summed E-state index contributed by atoms with van der Waals surface area (Å²) in [5.41, 5.74) is 3.84. The van der Waals surface area contributed by atoms with Gasteiger partial charge in [-0.2, -0.15) is 0 Å². The smallest absolute Gasteiger partial charge is 0.141 e. The van der Waals surface area contributed by atoms with Gasteiger partial charge in [-0.15, -0.1) is 0 Å². The highest BCUT2D eigenvalue weighted by Gasteiger charge is 2.03. The van der Waals surface area contributed by atoms with Gasteiger partial charge in [0.1, 0.15) is 11.3 Å². The van der Waals surface area contributed by atoms with Crippen molar-refractivity contribution in [3.8, 4) is 5.75 Å². The summed E-state index contributed by atoms with van der Waals surface area (Å²) < 4.78 is 0. The van der Waals surface area contributed by atoms with Crippen molar-refractivity contribution in [2.24, 2.45) is 0 Å². The molecule has 0 amide bonds. The number of rotatable bonds is 0. The lowest BCUT2D eigenvalue weighted by Crippen LogP contribution is -1.87. The van der Waals surface area contributed by atoms with E-state index < -0.39 is 0 Å². The second-order valence-electron chi connectivity index (χ2n) is 5.45. The Bertz CT molecular complexity index is 898. The molecule has 0 aliphatic carbocycles. The minimum atomic E-state index is 0.254. The van der Waals surface area contributed by atoms with E-state index in [0.717, 1.165) is 22.2 Å². The third-order valence-electron chi connectivity index (χ3n) is 3.67. The topological polar surface area (TPSA) is 46.0 Å². The maximum atomic E-state index is 9.56. The summed E-state index contributed by atoms with van der Waals surface area (Å²) in [5, 5.41) is 11.8. The predicted molar refractivity (Wildman–Crippen MR) is 94.6 cm³/mol. The number of aromatic hydroxyl groups is 1. The van der Waals surface area contributed by atoms with Crippen LogP contribution >= 0.6 is 0 Å². The third kappa shape index (κ3) is 3.29. The van der Waals surface area contributed by atoms with Gasteiger partial charge >= 0.3 is 0 Å². The highest BCUT2D eigenvalue weighted by atomic mass is 16.3. The molecule has 2 aromatic heterocycles. The first-order valence-electron chi connectivity index (χ1n) is 7.51. The molecule has 0 fully saturated rings. The molecule has 0 bridgehead atoms. The highest BCUT2D eigenvalue weighted by Crippen LogP contribution is 2.25. The fourth-order valence-corrected chi connectivity index (χ4v) is 2.58. The van der Waals surface area contributed by atoms with Gasteiger partial charge in [-0.25, -0.2) is 4.98 Å². The lowest BCUT2D eigenvalue weighted by atomic mass is 10.1. The molecule has 0 spiro atoms. The predicted octanol–water partition coefficient (Wildman–Crippen LogP) is 4.79. The lowest BCUT2D eigenvalue weighted by molar-refractivity contribution is 0.480. The lowest BCUT2D eigenvalue weighted by Gasteiger charge is -2.04. The fourth-order valence-electron chi connectivity index (χ4n) is 2.58. The number of aromatic nitrogens is 2. The third-order valence-corrected chi connectivity index (χ3v) is 3.67. The number of phenols is 1. The van der Waals surface area contributed by atoms with Crippen LogP contribution in [0.15, 0.2) is 66.9 Å². The Morgan fingerprint density at radius 2 is 1.65 bits per heavy atom. The molecule has 3 heteroatoms. The fraction of sp³-hybridized carbons (Fsp3) is 0.100. The molecule has 4 aromatic rings. The van der Waals surface area contributed by atoms with Gasteiger partial charge in [0.2, 0.25) is 0 Å². The Labute approximate surface area is 135 Å². The molecule has 0 aliphatic rings. The van der Waals surface area contributed by atoms with E-state index in [4.69, 9.17) is 0 Å². The molecule has 2 heterocycles. The van der Waals surface area contributed by atoms with Gasteiger partial charge in [-0.05, 0) is 43.7 Å². The summed E-state index contributed by atoms with van der Waals surface area (Å²) in [7, 11) is 0. The largest absolute Gasteiger partial charge is 0.506 e. The van der Waals surface area contributed by atoms with Gasteiger partial charge < -0.3 is 5.11 Å². The Morgan fingerprint density at radius 3 is 2.48 bits per heavy atom. The molecule has 0 saturated heterocycles. The van der Waals surface area contributed by atoms with Crippen LogP contribution in [0.2, 0.25) is 0 Å². The van der Waals surface area contributed by atoms with Crippen molar-refractivity contribution in [1.82, 2.24) is 9.97 Å². The van der Waals surface area contributed by atoms with Gasteiger partial charge in [0, 0.05) is 22.7 Å². The van der Waals surface area contributed by atoms with Gasteiger partial charge in [0.15, 0.2) is 0 Å². The van der Waals surface area contributed by atoms with Crippen LogP contribution in [0.1, 0.15) is 11.3 Å². The summed E-state index contributed by atoms with van der Waals surface area (Å²) >= 11 is 0. The number of phenolic OH excluding ortho intramolecular Hbond substituents is 1. The Morgan fingerprint density at radius 1 is 0.870 bits per heavy atom. The Hall–Kier alpha value is -2.94. The van der Waals surface area contributed by atoms with E-state index in [-0.39, 0.29) is 5.75 Å². The number of aryl methyl sites for hydroxylation is 2. The van der Waals surface area contributed by atoms with Crippen LogP contribution in [0, 0.1) is 13.8 Å². The van der Waals surface area contributed by atoms with Crippen LogP contribution in [0.5, 0.6) is 5.75 Å². The molecule has 0 radical (unpaired) electrons. The van der Waals surface area contributed by atoms with Crippen molar-refractivity contribution < 1.29 is 5.11 Å². The van der Waals surface area contributed by atoms with E-state index >= 15 is 0 Å². The van der Waals surface area contributed by atoms with Crippen molar-refractivity contribution in [2.75, 3.05) is 0 Å². The zero-order chi connectivity index (χ0) is 16.2. The van der Waals surface area contributed by atoms with E-state index in [0.29, 0.717) is 5.52 Å². The molecule has 0 aliphatic heterocycles. The first-order valence-corrected chi connectivity index (χ1v) is 7.51. The quantitative estimate of drug-likeness (QED) is 0.508. The second kappa shape index (κ2) is 6.44. The van der Waals surface area contributed by atoms with Crippen molar-refractivity contribution in [1.29, 1.82) is 0 Å². The molecule has 3 nitrogen and oxygen atoms in total. The minimum Gasteiger partial charge on any atom is -0.506 e. The van der Waals surface area contributed by atoms with E-state index in [1.165, 1.54) is 5.39 Å². The maximum Gasteiger partial charge on any atom is 0.141 e. The van der Waals surface area contributed by atoms with Crippen molar-refractivity contribution >= 4 is 21.8 Å². The van der Waals surface area contributed by atoms with Gasteiger partial charge in [0.25, 0.3) is 0 Å². The number of benzene rings is 2. The van der Waals surface area contributed by atoms with Crippen molar-refractivity contribution in [2.45, 2.75) is 13.8 Å². The number of hydrogen-bond acceptors (Lipinski definition) is 3. The van der Waals surface area contributed by atoms with Crippen LogP contribution in [0.25, 0.3) is 21.8 Å². The molecule has 2 aromatic carbocycles. The minimum absolute atomic E-state index is 0.254. The second-order valence-corrected chi connectivity index (χ2v) is 5.45. The molecule has 23 heavy (non-hydrogen) atoms. The summed E-state index contributed by atoms with van der Waals surface area (Å²) in [6.45, 7) is 3.95. The molecule has 0 unspecified atom stereocenters. The van der Waals surface area contributed by atoms with E-state index in [2.05, 4.69) is 22.1 Å². The van der Waals surface area contributed by atoms with Crippen molar-refractivity contribution in [3.05, 3.63) is 78.1 Å². The molecular weight excluding hydrogens is 284 g/mol. The number of hydrogen-bond donors (Lipinski definition) is 1.